The smallest absolute Gasteiger partial charge is 0.219 e. The molecular weight excluding hydrogens is 214 g/mol. The lowest BCUT2D eigenvalue weighted by Gasteiger charge is -2.42. The SMILES string of the molecule is CC(=O)N1CCN(C2CC3CCC(C2)N3)CC1. The Labute approximate surface area is 103 Å². The molecule has 0 aromatic heterocycles. The van der Waals surface area contributed by atoms with Crippen LogP contribution in [0, 0.1) is 0 Å². The van der Waals surface area contributed by atoms with E-state index >= 15 is 0 Å². The summed E-state index contributed by atoms with van der Waals surface area (Å²) < 4.78 is 0. The summed E-state index contributed by atoms with van der Waals surface area (Å²) >= 11 is 0. The first-order valence-corrected chi connectivity index (χ1v) is 6.98. The van der Waals surface area contributed by atoms with Gasteiger partial charge in [-0.2, -0.15) is 0 Å². The van der Waals surface area contributed by atoms with Gasteiger partial charge in [0.05, 0.1) is 0 Å². The highest BCUT2D eigenvalue weighted by Crippen LogP contribution is 2.30. The maximum absolute atomic E-state index is 11.3. The molecule has 4 heteroatoms. The molecule has 3 heterocycles. The largest absolute Gasteiger partial charge is 0.340 e. The second-order valence-corrected chi connectivity index (χ2v) is 5.81. The number of hydrogen-bond donors (Lipinski definition) is 1. The summed E-state index contributed by atoms with van der Waals surface area (Å²) in [6, 6.07) is 2.30. The van der Waals surface area contributed by atoms with Crippen LogP contribution in [0.4, 0.5) is 0 Å². The van der Waals surface area contributed by atoms with Gasteiger partial charge >= 0.3 is 0 Å². The molecule has 3 aliphatic heterocycles. The summed E-state index contributed by atoms with van der Waals surface area (Å²) in [6.45, 7) is 5.68. The standard InChI is InChI=1S/C13H23N3O/c1-10(17)15-4-6-16(7-5-15)13-8-11-2-3-12(9-13)14-11/h11-14H,2-9H2,1H3. The Morgan fingerprint density at radius 1 is 1.06 bits per heavy atom. The third-order valence-corrected chi connectivity index (χ3v) is 4.72. The van der Waals surface area contributed by atoms with Gasteiger partial charge in [0.25, 0.3) is 0 Å². The molecule has 2 unspecified atom stereocenters. The molecular formula is C13H23N3O. The molecule has 0 aliphatic carbocycles. The molecule has 2 atom stereocenters. The van der Waals surface area contributed by atoms with E-state index in [2.05, 4.69) is 10.2 Å². The first-order valence-electron chi connectivity index (χ1n) is 6.98. The molecule has 0 aromatic rings. The Morgan fingerprint density at radius 3 is 2.18 bits per heavy atom. The quantitative estimate of drug-likeness (QED) is 0.718. The minimum atomic E-state index is 0.232. The highest BCUT2D eigenvalue weighted by molar-refractivity contribution is 5.73. The van der Waals surface area contributed by atoms with Crippen LogP contribution in [0.2, 0.25) is 0 Å². The third kappa shape index (κ3) is 2.33. The Bertz CT molecular complexity index is 287. The van der Waals surface area contributed by atoms with Gasteiger partial charge in [-0.1, -0.05) is 0 Å². The third-order valence-electron chi connectivity index (χ3n) is 4.72. The lowest BCUT2D eigenvalue weighted by Crippen LogP contribution is -2.55. The fraction of sp³-hybridized carbons (Fsp3) is 0.923. The van der Waals surface area contributed by atoms with Crippen LogP contribution in [-0.2, 0) is 4.79 Å². The fourth-order valence-electron chi connectivity index (χ4n) is 3.73. The molecule has 3 fully saturated rings. The van der Waals surface area contributed by atoms with Gasteiger partial charge < -0.3 is 10.2 Å². The Morgan fingerprint density at radius 2 is 1.65 bits per heavy atom. The topological polar surface area (TPSA) is 35.6 Å². The minimum absolute atomic E-state index is 0.232. The molecule has 3 rings (SSSR count). The lowest BCUT2D eigenvalue weighted by molar-refractivity contribution is -0.131. The number of piperazine rings is 1. The summed E-state index contributed by atoms with van der Waals surface area (Å²) in [5.74, 6) is 0.232. The van der Waals surface area contributed by atoms with Crippen molar-refractivity contribution in [3.8, 4) is 0 Å². The van der Waals surface area contributed by atoms with E-state index < -0.39 is 0 Å². The Hall–Kier alpha value is -0.610. The molecule has 0 aromatic carbocycles. The number of amides is 1. The highest BCUT2D eigenvalue weighted by atomic mass is 16.2. The van der Waals surface area contributed by atoms with Crippen molar-refractivity contribution in [3.05, 3.63) is 0 Å². The summed E-state index contributed by atoms with van der Waals surface area (Å²) in [5, 5.41) is 3.70. The van der Waals surface area contributed by atoms with Crippen molar-refractivity contribution >= 4 is 5.91 Å². The van der Waals surface area contributed by atoms with Crippen LogP contribution in [0.1, 0.15) is 32.6 Å². The van der Waals surface area contributed by atoms with Gasteiger partial charge in [0.2, 0.25) is 5.91 Å². The number of rotatable bonds is 1. The van der Waals surface area contributed by atoms with Crippen molar-refractivity contribution in [2.45, 2.75) is 50.7 Å². The summed E-state index contributed by atoms with van der Waals surface area (Å²) in [4.78, 5) is 15.9. The highest BCUT2D eigenvalue weighted by Gasteiger charge is 2.36. The van der Waals surface area contributed by atoms with Crippen molar-refractivity contribution in [1.29, 1.82) is 0 Å². The second-order valence-electron chi connectivity index (χ2n) is 5.81. The van der Waals surface area contributed by atoms with Crippen LogP contribution in [-0.4, -0.2) is 60.0 Å². The van der Waals surface area contributed by atoms with E-state index in [0.717, 1.165) is 44.3 Å². The summed E-state index contributed by atoms with van der Waals surface area (Å²) in [5.41, 5.74) is 0. The van der Waals surface area contributed by atoms with E-state index in [1.807, 2.05) is 4.90 Å². The molecule has 96 valence electrons. The first kappa shape index (κ1) is 11.5. The second kappa shape index (κ2) is 4.58. The Kier molecular flexibility index (Phi) is 3.09. The Balaban J connectivity index is 1.54. The van der Waals surface area contributed by atoms with E-state index in [1.165, 1.54) is 25.7 Å². The number of hydrogen-bond acceptors (Lipinski definition) is 3. The van der Waals surface area contributed by atoms with Crippen LogP contribution < -0.4 is 5.32 Å². The van der Waals surface area contributed by atoms with Crippen LogP contribution in [0.3, 0.4) is 0 Å². The normalized spacial score (nSPS) is 38.4. The van der Waals surface area contributed by atoms with Gasteiger partial charge in [-0.15, -0.1) is 0 Å². The number of fused-ring (bicyclic) bond motifs is 2. The van der Waals surface area contributed by atoms with Gasteiger partial charge in [-0.05, 0) is 25.7 Å². The van der Waals surface area contributed by atoms with Crippen molar-refractivity contribution in [2.24, 2.45) is 0 Å². The molecule has 0 radical (unpaired) electrons. The number of carbonyl (C=O) groups excluding carboxylic acids is 1. The molecule has 0 spiro atoms. The van der Waals surface area contributed by atoms with Crippen LogP contribution in [0.25, 0.3) is 0 Å². The van der Waals surface area contributed by atoms with E-state index in [9.17, 15) is 4.79 Å². The molecule has 1 amide bonds. The predicted octanol–water partition coefficient (Wildman–Crippen LogP) is 0.434. The van der Waals surface area contributed by atoms with E-state index in [4.69, 9.17) is 0 Å². The molecule has 1 N–H and O–H groups in total. The van der Waals surface area contributed by atoms with E-state index in [-0.39, 0.29) is 5.91 Å². The van der Waals surface area contributed by atoms with Gasteiger partial charge in [0.15, 0.2) is 0 Å². The molecule has 17 heavy (non-hydrogen) atoms. The van der Waals surface area contributed by atoms with Gasteiger partial charge in [0, 0.05) is 51.2 Å². The molecule has 3 aliphatic rings. The molecule has 4 nitrogen and oxygen atoms in total. The van der Waals surface area contributed by atoms with Crippen LogP contribution in [0.5, 0.6) is 0 Å². The predicted molar refractivity (Wildman–Crippen MR) is 66.8 cm³/mol. The van der Waals surface area contributed by atoms with Crippen LogP contribution >= 0.6 is 0 Å². The first-order chi connectivity index (χ1) is 8.22. The average molecular weight is 237 g/mol. The van der Waals surface area contributed by atoms with Gasteiger partial charge in [0.1, 0.15) is 0 Å². The monoisotopic (exact) mass is 237 g/mol. The van der Waals surface area contributed by atoms with Gasteiger partial charge in [-0.25, -0.2) is 0 Å². The zero-order valence-corrected chi connectivity index (χ0v) is 10.7. The number of carbonyl (C=O) groups is 1. The van der Waals surface area contributed by atoms with E-state index in [1.54, 1.807) is 6.92 Å². The van der Waals surface area contributed by atoms with Crippen molar-refractivity contribution in [3.63, 3.8) is 0 Å². The van der Waals surface area contributed by atoms with Crippen molar-refractivity contribution in [1.82, 2.24) is 15.1 Å². The minimum Gasteiger partial charge on any atom is -0.340 e. The average Bonchev–Trinajstić information content (AvgIpc) is 2.68. The lowest BCUT2D eigenvalue weighted by atomic mass is 9.97. The maximum Gasteiger partial charge on any atom is 0.219 e. The van der Waals surface area contributed by atoms with Crippen molar-refractivity contribution in [2.75, 3.05) is 26.2 Å². The zero-order valence-electron chi connectivity index (χ0n) is 10.7. The molecule has 3 saturated heterocycles. The zero-order chi connectivity index (χ0) is 11.8. The number of piperidine rings is 1. The summed E-state index contributed by atoms with van der Waals surface area (Å²) in [6.07, 6.45) is 5.37. The summed E-state index contributed by atoms with van der Waals surface area (Å²) in [7, 11) is 0. The van der Waals surface area contributed by atoms with Gasteiger partial charge in [-0.3, -0.25) is 9.69 Å². The van der Waals surface area contributed by atoms with Crippen LogP contribution in [0.15, 0.2) is 0 Å². The molecule has 2 bridgehead atoms. The molecule has 0 saturated carbocycles. The maximum atomic E-state index is 11.3. The fourth-order valence-corrected chi connectivity index (χ4v) is 3.73. The number of nitrogens with one attached hydrogen (secondary N) is 1. The number of nitrogens with zero attached hydrogens (tertiary/aromatic N) is 2. The van der Waals surface area contributed by atoms with Crippen molar-refractivity contribution < 1.29 is 4.79 Å². The van der Waals surface area contributed by atoms with E-state index in [0.29, 0.717) is 0 Å².